The monoisotopic (exact) mass is 355 g/mol. The van der Waals surface area contributed by atoms with Crippen LogP contribution in [0.4, 0.5) is 5.69 Å². The van der Waals surface area contributed by atoms with Crippen LogP contribution in [-0.4, -0.2) is 22.0 Å². The van der Waals surface area contributed by atoms with E-state index < -0.39 is 4.92 Å². The fraction of sp³-hybridized carbons (Fsp3) is 0.0588. The Bertz CT molecular complexity index is 873. The van der Waals surface area contributed by atoms with Gasteiger partial charge >= 0.3 is 11.6 Å². The van der Waals surface area contributed by atoms with Crippen LogP contribution in [-0.2, 0) is 0 Å². The van der Waals surface area contributed by atoms with Crippen LogP contribution in [0.2, 0.25) is 0 Å². The highest BCUT2D eigenvalue weighted by atomic mass is 32.2. The molecule has 0 aliphatic rings. The molecule has 0 bridgehead atoms. The molecule has 25 heavy (non-hydrogen) atoms. The van der Waals surface area contributed by atoms with Crippen LogP contribution >= 0.6 is 11.8 Å². The van der Waals surface area contributed by atoms with Gasteiger partial charge in [0.05, 0.1) is 12.0 Å². The molecule has 0 saturated carbocycles. The van der Waals surface area contributed by atoms with Crippen LogP contribution in [0.1, 0.15) is 0 Å². The molecular weight excluding hydrogens is 342 g/mol. The minimum atomic E-state index is -0.538. The molecule has 1 heterocycles. The maximum Gasteiger partial charge on any atom is 0.363 e. The van der Waals surface area contributed by atoms with Crippen LogP contribution in [0, 0.1) is 10.1 Å². The zero-order chi connectivity index (χ0) is 17.6. The number of aromatic nitrogens is 2. The molecule has 3 aromatic rings. The SMILES string of the molecule is COc1ccc(Oc2ncnc(Sc3ccccc3)c2[N+](=O)[O-])cc1. The Morgan fingerprint density at radius 2 is 1.68 bits per heavy atom. The number of rotatable bonds is 6. The summed E-state index contributed by atoms with van der Waals surface area (Å²) >= 11 is 1.18. The van der Waals surface area contributed by atoms with Gasteiger partial charge in [0.15, 0.2) is 5.03 Å². The number of hydrogen-bond acceptors (Lipinski definition) is 7. The van der Waals surface area contributed by atoms with Crippen LogP contribution in [0.15, 0.2) is 70.8 Å². The molecule has 0 radical (unpaired) electrons. The van der Waals surface area contributed by atoms with Gasteiger partial charge in [-0.2, -0.15) is 4.98 Å². The second-order valence-corrected chi connectivity index (χ2v) is 5.84. The maximum absolute atomic E-state index is 11.5. The molecule has 0 spiro atoms. The van der Waals surface area contributed by atoms with Gasteiger partial charge in [0.1, 0.15) is 17.8 Å². The predicted molar refractivity (Wildman–Crippen MR) is 92.3 cm³/mol. The number of nitrogens with zero attached hydrogens (tertiary/aromatic N) is 3. The molecule has 7 nitrogen and oxygen atoms in total. The van der Waals surface area contributed by atoms with Crippen LogP contribution in [0.3, 0.4) is 0 Å². The fourth-order valence-electron chi connectivity index (χ4n) is 2.01. The molecule has 0 atom stereocenters. The summed E-state index contributed by atoms with van der Waals surface area (Å²) in [7, 11) is 1.55. The van der Waals surface area contributed by atoms with Crippen molar-refractivity contribution in [3.63, 3.8) is 0 Å². The zero-order valence-corrected chi connectivity index (χ0v) is 14.0. The Morgan fingerprint density at radius 1 is 1.00 bits per heavy atom. The van der Waals surface area contributed by atoms with E-state index in [1.54, 1.807) is 31.4 Å². The van der Waals surface area contributed by atoms with Crippen LogP contribution in [0.5, 0.6) is 17.4 Å². The van der Waals surface area contributed by atoms with Crippen molar-refractivity contribution in [2.75, 3.05) is 7.11 Å². The first-order chi connectivity index (χ1) is 12.2. The lowest BCUT2D eigenvalue weighted by atomic mass is 10.3. The van der Waals surface area contributed by atoms with E-state index >= 15 is 0 Å². The van der Waals surface area contributed by atoms with Crippen molar-refractivity contribution in [3.8, 4) is 17.4 Å². The van der Waals surface area contributed by atoms with Gasteiger partial charge in [-0.15, -0.1) is 0 Å². The van der Waals surface area contributed by atoms with Gasteiger partial charge in [-0.1, -0.05) is 30.0 Å². The molecule has 0 aliphatic carbocycles. The number of benzene rings is 2. The summed E-state index contributed by atoms with van der Waals surface area (Å²) in [5.74, 6) is 0.965. The Hall–Kier alpha value is -3.13. The predicted octanol–water partition coefficient (Wildman–Crippen LogP) is 4.34. The summed E-state index contributed by atoms with van der Waals surface area (Å²) in [6.45, 7) is 0. The topological polar surface area (TPSA) is 87.4 Å². The second-order valence-electron chi connectivity index (χ2n) is 4.78. The van der Waals surface area contributed by atoms with Gasteiger partial charge in [0, 0.05) is 4.90 Å². The minimum Gasteiger partial charge on any atom is -0.497 e. The van der Waals surface area contributed by atoms with Gasteiger partial charge in [0.2, 0.25) is 0 Å². The molecule has 0 amide bonds. The lowest BCUT2D eigenvalue weighted by Gasteiger charge is -2.08. The summed E-state index contributed by atoms with van der Waals surface area (Å²) in [5.41, 5.74) is -0.271. The largest absolute Gasteiger partial charge is 0.497 e. The maximum atomic E-state index is 11.5. The summed E-state index contributed by atoms with van der Waals surface area (Å²) in [4.78, 5) is 19.8. The average Bonchev–Trinajstić information content (AvgIpc) is 2.63. The van der Waals surface area contributed by atoms with E-state index in [0.29, 0.717) is 11.5 Å². The third-order valence-corrected chi connectivity index (χ3v) is 4.17. The third-order valence-electron chi connectivity index (χ3n) is 3.17. The van der Waals surface area contributed by atoms with Crippen molar-refractivity contribution in [1.82, 2.24) is 9.97 Å². The van der Waals surface area contributed by atoms with Gasteiger partial charge in [-0.05, 0) is 36.4 Å². The lowest BCUT2D eigenvalue weighted by molar-refractivity contribution is -0.389. The Labute approximate surface area is 147 Å². The van der Waals surface area contributed by atoms with E-state index in [1.807, 2.05) is 30.3 Å². The van der Waals surface area contributed by atoms with Gasteiger partial charge in [-0.3, -0.25) is 10.1 Å². The fourth-order valence-corrected chi connectivity index (χ4v) is 2.88. The first-order valence-corrected chi connectivity index (χ1v) is 8.03. The standard InChI is InChI=1S/C17H13N3O4S/c1-23-12-7-9-13(10-8-12)24-16-15(20(21)22)17(19-11-18-16)25-14-5-3-2-4-6-14/h2-11H,1H3. The molecule has 0 fully saturated rings. The van der Waals surface area contributed by atoms with Gasteiger partial charge in [0.25, 0.3) is 0 Å². The first kappa shape index (κ1) is 16.7. The summed E-state index contributed by atoms with van der Waals surface area (Å²) < 4.78 is 10.7. The quantitative estimate of drug-likeness (QED) is 0.369. The van der Waals surface area contributed by atoms with Gasteiger partial charge in [-0.25, -0.2) is 4.98 Å². The van der Waals surface area contributed by atoms with E-state index in [-0.39, 0.29) is 16.6 Å². The second kappa shape index (κ2) is 7.63. The highest BCUT2D eigenvalue weighted by Crippen LogP contribution is 2.39. The highest BCUT2D eigenvalue weighted by Gasteiger charge is 2.25. The Balaban J connectivity index is 1.93. The molecule has 0 unspecified atom stereocenters. The smallest absolute Gasteiger partial charge is 0.363 e. The Morgan fingerprint density at radius 3 is 2.32 bits per heavy atom. The normalized spacial score (nSPS) is 10.3. The summed E-state index contributed by atoms with van der Waals surface area (Å²) in [6.07, 6.45) is 1.25. The van der Waals surface area contributed by atoms with Crippen LogP contribution < -0.4 is 9.47 Å². The third kappa shape index (κ3) is 4.04. The van der Waals surface area contributed by atoms with Crippen molar-refractivity contribution in [3.05, 3.63) is 71.0 Å². The van der Waals surface area contributed by atoms with Crippen LogP contribution in [0.25, 0.3) is 0 Å². The van der Waals surface area contributed by atoms with E-state index in [9.17, 15) is 10.1 Å². The molecule has 2 aromatic carbocycles. The number of methoxy groups -OCH3 is 1. The molecule has 0 saturated heterocycles. The number of nitro groups is 1. The highest BCUT2D eigenvalue weighted by molar-refractivity contribution is 7.99. The molecule has 1 aromatic heterocycles. The molecular formula is C17H13N3O4S. The lowest BCUT2D eigenvalue weighted by Crippen LogP contribution is -2.00. The van der Waals surface area contributed by atoms with Crippen molar-refractivity contribution in [2.45, 2.75) is 9.92 Å². The van der Waals surface area contributed by atoms with Gasteiger partial charge < -0.3 is 9.47 Å². The van der Waals surface area contributed by atoms with E-state index in [2.05, 4.69) is 9.97 Å². The van der Waals surface area contributed by atoms with Crippen molar-refractivity contribution in [2.24, 2.45) is 0 Å². The van der Waals surface area contributed by atoms with Crippen molar-refractivity contribution >= 4 is 17.4 Å². The van der Waals surface area contributed by atoms with Crippen molar-refractivity contribution < 1.29 is 14.4 Å². The number of ether oxygens (including phenoxy) is 2. The van der Waals surface area contributed by atoms with Crippen molar-refractivity contribution in [1.29, 1.82) is 0 Å². The average molecular weight is 355 g/mol. The zero-order valence-electron chi connectivity index (χ0n) is 13.2. The van der Waals surface area contributed by atoms with E-state index in [1.165, 1.54) is 18.1 Å². The summed E-state index contributed by atoms with van der Waals surface area (Å²) in [6, 6.07) is 16.0. The number of hydrogen-bond donors (Lipinski definition) is 0. The molecule has 3 rings (SSSR count). The van der Waals surface area contributed by atoms with E-state index in [4.69, 9.17) is 9.47 Å². The minimum absolute atomic E-state index is 0.108. The summed E-state index contributed by atoms with van der Waals surface area (Å²) in [5, 5.41) is 11.8. The molecule has 8 heteroatoms. The molecule has 126 valence electrons. The first-order valence-electron chi connectivity index (χ1n) is 7.21. The Kier molecular flexibility index (Phi) is 5.10. The van der Waals surface area contributed by atoms with E-state index in [0.717, 1.165) is 4.90 Å². The molecule has 0 aliphatic heterocycles. The molecule has 0 N–H and O–H groups in total.